The van der Waals surface area contributed by atoms with Crippen molar-refractivity contribution in [2.24, 2.45) is 11.8 Å². The van der Waals surface area contributed by atoms with Crippen molar-refractivity contribution >= 4 is 18.2 Å². The summed E-state index contributed by atoms with van der Waals surface area (Å²) in [7, 11) is 0. The first kappa shape index (κ1) is 24.3. The van der Waals surface area contributed by atoms with Gasteiger partial charge in [0, 0.05) is 18.5 Å². The predicted octanol–water partition coefficient (Wildman–Crippen LogP) is 3.73. The zero-order valence-corrected chi connectivity index (χ0v) is 18.1. The Hall–Kier alpha value is -2.99. The van der Waals surface area contributed by atoms with E-state index in [1.54, 1.807) is 6.92 Å². The van der Waals surface area contributed by atoms with Crippen LogP contribution >= 0.6 is 0 Å². The highest BCUT2D eigenvalue weighted by atomic mass is 16.5. The molecule has 0 aliphatic carbocycles. The molecule has 6 heteroatoms. The lowest BCUT2D eigenvalue weighted by atomic mass is 9.94. The quantitative estimate of drug-likeness (QED) is 0.375. The third kappa shape index (κ3) is 8.34. The van der Waals surface area contributed by atoms with Crippen LogP contribution in [-0.2, 0) is 25.5 Å². The Bertz CT molecular complexity index is 835. The van der Waals surface area contributed by atoms with Gasteiger partial charge in [-0.05, 0) is 36.5 Å². The van der Waals surface area contributed by atoms with Gasteiger partial charge in [0.1, 0.15) is 6.29 Å². The molecule has 166 valence electrons. The van der Waals surface area contributed by atoms with Gasteiger partial charge in [0.2, 0.25) is 0 Å². The van der Waals surface area contributed by atoms with Crippen molar-refractivity contribution in [3.8, 4) is 11.1 Å². The maximum Gasteiger partial charge on any atom is 0.308 e. The number of esters is 1. The molecule has 0 bridgehead atoms. The highest BCUT2D eigenvalue weighted by molar-refractivity contribution is 5.72. The van der Waals surface area contributed by atoms with Gasteiger partial charge in [0.05, 0.1) is 18.9 Å². The van der Waals surface area contributed by atoms with Gasteiger partial charge in [-0.1, -0.05) is 61.5 Å². The van der Waals surface area contributed by atoms with Crippen molar-refractivity contribution in [1.82, 2.24) is 5.32 Å². The largest absolute Gasteiger partial charge is 0.481 e. The first-order chi connectivity index (χ1) is 14.9. The van der Waals surface area contributed by atoms with Gasteiger partial charge in [-0.25, -0.2) is 0 Å². The fourth-order valence-electron chi connectivity index (χ4n) is 3.51. The Kier molecular flexibility index (Phi) is 9.91. The summed E-state index contributed by atoms with van der Waals surface area (Å²) in [5.74, 6) is -2.19. The normalized spacial score (nSPS) is 13.7. The number of nitrogens with one attached hydrogen (secondary N) is 1. The SMILES string of the molecule is CCOC(=O)[C@H](C)C[C@@H](Cc1ccc(-c2ccccc2)cc1)NCC(C=O)CC(=O)O. The lowest BCUT2D eigenvalue weighted by molar-refractivity contribution is -0.147. The Morgan fingerprint density at radius 2 is 1.71 bits per heavy atom. The van der Waals surface area contributed by atoms with Crippen LogP contribution in [0.5, 0.6) is 0 Å². The van der Waals surface area contributed by atoms with Gasteiger partial charge in [-0.15, -0.1) is 0 Å². The summed E-state index contributed by atoms with van der Waals surface area (Å²) in [6.45, 7) is 4.17. The number of carbonyl (C=O) groups excluding carboxylic acids is 2. The number of hydrogen-bond donors (Lipinski definition) is 2. The maximum atomic E-state index is 12.1. The molecule has 0 saturated carbocycles. The zero-order valence-electron chi connectivity index (χ0n) is 18.1. The molecule has 0 aromatic heterocycles. The summed E-state index contributed by atoms with van der Waals surface area (Å²) >= 11 is 0. The van der Waals surface area contributed by atoms with Gasteiger partial charge >= 0.3 is 11.9 Å². The molecule has 2 rings (SSSR count). The highest BCUT2D eigenvalue weighted by Gasteiger charge is 2.22. The van der Waals surface area contributed by atoms with E-state index in [9.17, 15) is 14.4 Å². The van der Waals surface area contributed by atoms with Crippen LogP contribution in [0.25, 0.3) is 11.1 Å². The minimum Gasteiger partial charge on any atom is -0.481 e. The number of aliphatic carboxylic acids is 1. The Morgan fingerprint density at radius 1 is 1.06 bits per heavy atom. The molecule has 0 saturated heterocycles. The number of benzene rings is 2. The smallest absolute Gasteiger partial charge is 0.308 e. The number of aldehydes is 1. The summed E-state index contributed by atoms with van der Waals surface area (Å²) in [6.07, 6.45) is 1.62. The van der Waals surface area contributed by atoms with Crippen molar-refractivity contribution in [2.45, 2.75) is 39.2 Å². The topological polar surface area (TPSA) is 92.7 Å². The molecule has 0 aliphatic rings. The van der Waals surface area contributed by atoms with Crippen LogP contribution in [0.15, 0.2) is 54.6 Å². The minimum atomic E-state index is -1.01. The van der Waals surface area contributed by atoms with E-state index in [-0.39, 0.29) is 30.9 Å². The summed E-state index contributed by atoms with van der Waals surface area (Å²) < 4.78 is 5.12. The van der Waals surface area contributed by atoms with E-state index in [1.165, 1.54) is 0 Å². The highest BCUT2D eigenvalue weighted by Crippen LogP contribution is 2.21. The molecule has 0 amide bonds. The number of ether oxygens (including phenoxy) is 1. The van der Waals surface area contributed by atoms with Crippen molar-refractivity contribution in [1.29, 1.82) is 0 Å². The van der Waals surface area contributed by atoms with Crippen LogP contribution in [0.3, 0.4) is 0 Å². The first-order valence-electron chi connectivity index (χ1n) is 10.6. The van der Waals surface area contributed by atoms with E-state index in [4.69, 9.17) is 9.84 Å². The standard InChI is InChI=1S/C25H31NO5/c1-3-31-25(30)18(2)13-23(26-16-20(17-27)15-24(28)29)14-19-9-11-22(12-10-19)21-7-5-4-6-8-21/h4-12,17-18,20,23,26H,3,13-16H2,1-2H3,(H,28,29)/t18-,20?,23+/m1/s1. The van der Waals surface area contributed by atoms with Gasteiger partial charge in [0.25, 0.3) is 0 Å². The molecule has 0 fully saturated rings. The fraction of sp³-hybridized carbons (Fsp3) is 0.400. The van der Waals surface area contributed by atoms with E-state index < -0.39 is 11.9 Å². The second-order valence-electron chi connectivity index (χ2n) is 7.76. The third-order valence-corrected chi connectivity index (χ3v) is 5.17. The average molecular weight is 426 g/mol. The molecule has 2 aromatic carbocycles. The summed E-state index contributed by atoms with van der Waals surface area (Å²) in [4.78, 5) is 34.3. The fourth-order valence-corrected chi connectivity index (χ4v) is 3.51. The number of carboxylic acids is 1. The van der Waals surface area contributed by atoms with Crippen molar-refractivity contribution < 1.29 is 24.2 Å². The molecule has 1 unspecified atom stereocenters. The lowest BCUT2D eigenvalue weighted by Crippen LogP contribution is -2.38. The Balaban J connectivity index is 2.08. The lowest BCUT2D eigenvalue weighted by Gasteiger charge is -2.23. The molecule has 0 radical (unpaired) electrons. The second kappa shape index (κ2) is 12.6. The van der Waals surface area contributed by atoms with Gasteiger partial charge in [0.15, 0.2) is 0 Å². The molecular weight excluding hydrogens is 394 g/mol. The Morgan fingerprint density at radius 3 is 2.29 bits per heavy atom. The summed E-state index contributed by atoms with van der Waals surface area (Å²) in [5.41, 5.74) is 3.35. The van der Waals surface area contributed by atoms with Crippen LogP contribution < -0.4 is 5.32 Å². The van der Waals surface area contributed by atoms with Gasteiger partial charge in [-0.2, -0.15) is 0 Å². The van der Waals surface area contributed by atoms with E-state index in [1.807, 2.05) is 25.1 Å². The van der Waals surface area contributed by atoms with E-state index in [0.717, 1.165) is 16.7 Å². The van der Waals surface area contributed by atoms with Crippen molar-refractivity contribution in [3.63, 3.8) is 0 Å². The molecule has 2 aromatic rings. The molecule has 2 N–H and O–H groups in total. The van der Waals surface area contributed by atoms with Crippen molar-refractivity contribution in [2.75, 3.05) is 13.2 Å². The molecule has 0 heterocycles. The maximum absolute atomic E-state index is 12.1. The molecule has 6 nitrogen and oxygen atoms in total. The molecule has 0 aliphatic heterocycles. The predicted molar refractivity (Wildman–Crippen MR) is 120 cm³/mol. The van der Waals surface area contributed by atoms with Crippen LogP contribution in [0.4, 0.5) is 0 Å². The minimum absolute atomic E-state index is 0.0989. The second-order valence-corrected chi connectivity index (χ2v) is 7.76. The van der Waals surface area contributed by atoms with Crippen LogP contribution in [0.1, 0.15) is 32.3 Å². The van der Waals surface area contributed by atoms with E-state index in [0.29, 0.717) is 25.7 Å². The van der Waals surface area contributed by atoms with Crippen molar-refractivity contribution in [3.05, 3.63) is 60.2 Å². The molecule has 3 atom stereocenters. The number of carboxylic acid groups (broad SMARTS) is 1. The number of carbonyl (C=O) groups is 3. The number of rotatable bonds is 13. The third-order valence-electron chi connectivity index (χ3n) is 5.17. The summed E-state index contributed by atoms with van der Waals surface area (Å²) in [6, 6.07) is 18.2. The van der Waals surface area contributed by atoms with Crippen LogP contribution in [0, 0.1) is 11.8 Å². The number of hydrogen-bond acceptors (Lipinski definition) is 5. The van der Waals surface area contributed by atoms with Gasteiger partial charge in [-0.3, -0.25) is 9.59 Å². The monoisotopic (exact) mass is 425 g/mol. The van der Waals surface area contributed by atoms with E-state index in [2.05, 4.69) is 41.7 Å². The van der Waals surface area contributed by atoms with E-state index >= 15 is 0 Å². The van der Waals surface area contributed by atoms with Crippen LogP contribution in [-0.4, -0.2) is 42.5 Å². The molecule has 31 heavy (non-hydrogen) atoms. The Labute approximate surface area is 183 Å². The molecule has 0 spiro atoms. The average Bonchev–Trinajstić information content (AvgIpc) is 2.77. The van der Waals surface area contributed by atoms with Crippen LogP contribution in [0.2, 0.25) is 0 Å². The first-order valence-corrected chi connectivity index (χ1v) is 10.6. The molecular formula is C25H31NO5. The van der Waals surface area contributed by atoms with Gasteiger partial charge < -0.3 is 20.0 Å². The zero-order chi connectivity index (χ0) is 22.6. The summed E-state index contributed by atoms with van der Waals surface area (Å²) in [5, 5.41) is 12.3.